The lowest BCUT2D eigenvalue weighted by molar-refractivity contribution is -0.161. The summed E-state index contributed by atoms with van der Waals surface area (Å²) in [6.07, 6.45) is 0. The quantitative estimate of drug-likeness (QED) is 0.676. The van der Waals surface area contributed by atoms with E-state index in [1.807, 2.05) is 55.5 Å². The number of methoxy groups -OCH3 is 1. The van der Waals surface area contributed by atoms with Crippen LogP contribution in [0.1, 0.15) is 15.9 Å². The average Bonchev–Trinajstić information content (AvgIpc) is 2.72. The normalized spacial score (nSPS) is 14.8. The van der Waals surface area contributed by atoms with Crippen LogP contribution in [0.2, 0.25) is 0 Å². The van der Waals surface area contributed by atoms with Crippen LogP contribution in [0.4, 0.5) is 0 Å². The molecule has 1 heterocycles. The first-order valence-corrected chi connectivity index (χ1v) is 9.70. The molecule has 6 nitrogen and oxygen atoms in total. The number of amides is 1. The van der Waals surface area contributed by atoms with Crippen molar-refractivity contribution < 1.29 is 24.2 Å². The summed E-state index contributed by atoms with van der Waals surface area (Å²) < 4.78 is 11.1. The van der Waals surface area contributed by atoms with Crippen LogP contribution < -0.4 is 9.47 Å². The maximum atomic E-state index is 12.6. The molecule has 0 bridgehead atoms. The Morgan fingerprint density at radius 1 is 0.967 bits per heavy atom. The van der Waals surface area contributed by atoms with Crippen LogP contribution in [0.5, 0.6) is 11.5 Å². The highest BCUT2D eigenvalue weighted by Crippen LogP contribution is 2.34. The Morgan fingerprint density at radius 3 is 2.17 bits per heavy atom. The molecule has 6 heteroatoms. The number of carbonyl (C=O) groups excluding carboxylic acids is 1. The minimum absolute atomic E-state index is 0.00166. The van der Waals surface area contributed by atoms with Gasteiger partial charge in [-0.25, -0.2) is 0 Å². The van der Waals surface area contributed by atoms with Crippen LogP contribution in [0.25, 0.3) is 10.8 Å². The lowest BCUT2D eigenvalue weighted by Crippen LogP contribution is -2.64. The molecule has 1 fully saturated rings. The van der Waals surface area contributed by atoms with Gasteiger partial charge in [-0.15, -0.1) is 0 Å². The van der Waals surface area contributed by atoms with Crippen molar-refractivity contribution in [1.82, 2.24) is 4.90 Å². The lowest BCUT2D eigenvalue weighted by Gasteiger charge is -2.46. The van der Waals surface area contributed by atoms with E-state index >= 15 is 0 Å². The molecule has 30 heavy (non-hydrogen) atoms. The van der Waals surface area contributed by atoms with Gasteiger partial charge in [-0.2, -0.15) is 0 Å². The van der Waals surface area contributed by atoms with Crippen LogP contribution in [0.3, 0.4) is 0 Å². The molecule has 3 aromatic rings. The van der Waals surface area contributed by atoms with Crippen LogP contribution in [-0.2, 0) is 4.79 Å². The minimum Gasteiger partial charge on any atom is -0.497 e. The standard InChI is InChI=1S/C24H23NO5/c1-16-3-5-17(6-4-16)22(26)25-13-24(14-25,23(27)28)15-30-21-10-8-18-11-20(29-2)9-7-19(18)12-21/h3-12H,13-15H2,1-2H3,(H,27,28). The molecule has 0 radical (unpaired) electrons. The summed E-state index contributed by atoms with van der Waals surface area (Å²) in [5.74, 6) is 0.248. The first-order valence-electron chi connectivity index (χ1n) is 9.70. The Morgan fingerprint density at radius 2 is 1.57 bits per heavy atom. The second kappa shape index (κ2) is 7.71. The second-order valence-electron chi connectivity index (χ2n) is 7.78. The predicted molar refractivity (Wildman–Crippen MR) is 113 cm³/mol. The number of rotatable bonds is 6. The van der Waals surface area contributed by atoms with Crippen molar-refractivity contribution in [2.75, 3.05) is 26.8 Å². The van der Waals surface area contributed by atoms with Crippen molar-refractivity contribution in [2.45, 2.75) is 6.92 Å². The molecule has 3 aromatic carbocycles. The van der Waals surface area contributed by atoms with E-state index in [1.54, 1.807) is 24.1 Å². The molecule has 1 N–H and O–H groups in total. The van der Waals surface area contributed by atoms with Crippen LogP contribution in [0, 0.1) is 12.3 Å². The molecular weight excluding hydrogens is 382 g/mol. The fourth-order valence-corrected chi connectivity index (χ4v) is 3.64. The number of aryl methyl sites for hydroxylation is 1. The third-order valence-electron chi connectivity index (χ3n) is 5.56. The van der Waals surface area contributed by atoms with Crippen LogP contribution >= 0.6 is 0 Å². The monoisotopic (exact) mass is 405 g/mol. The zero-order valence-corrected chi connectivity index (χ0v) is 16.9. The van der Waals surface area contributed by atoms with Gasteiger partial charge in [0.25, 0.3) is 5.91 Å². The van der Waals surface area contributed by atoms with Crippen molar-refractivity contribution >= 4 is 22.6 Å². The summed E-state index contributed by atoms with van der Waals surface area (Å²) in [6, 6.07) is 18.6. The Balaban J connectivity index is 1.43. The minimum atomic E-state index is -1.10. The van der Waals surface area contributed by atoms with Gasteiger partial charge in [-0.1, -0.05) is 29.8 Å². The topological polar surface area (TPSA) is 76.1 Å². The highest BCUT2D eigenvalue weighted by atomic mass is 16.5. The van der Waals surface area contributed by atoms with E-state index in [1.165, 1.54) is 0 Å². The van der Waals surface area contributed by atoms with Crippen molar-refractivity contribution in [3.63, 3.8) is 0 Å². The Bertz CT molecular complexity index is 1100. The highest BCUT2D eigenvalue weighted by Gasteiger charge is 2.52. The number of benzene rings is 3. The summed E-state index contributed by atoms with van der Waals surface area (Å²) >= 11 is 0. The number of carboxylic acids is 1. The van der Waals surface area contributed by atoms with E-state index in [2.05, 4.69) is 0 Å². The summed E-state index contributed by atoms with van der Waals surface area (Å²) in [5, 5.41) is 11.7. The molecule has 1 aliphatic rings. The number of hydrogen-bond acceptors (Lipinski definition) is 4. The van der Waals surface area contributed by atoms with E-state index in [4.69, 9.17) is 9.47 Å². The number of nitrogens with zero attached hydrogens (tertiary/aromatic N) is 1. The number of aliphatic carboxylic acids is 1. The highest BCUT2D eigenvalue weighted by molar-refractivity contribution is 5.96. The molecule has 1 saturated heterocycles. The van der Waals surface area contributed by atoms with Gasteiger partial charge in [0.05, 0.1) is 7.11 Å². The largest absolute Gasteiger partial charge is 0.497 e. The summed E-state index contributed by atoms with van der Waals surface area (Å²) in [6.45, 7) is 2.20. The van der Waals surface area contributed by atoms with Gasteiger partial charge < -0.3 is 19.5 Å². The zero-order valence-electron chi connectivity index (χ0n) is 16.9. The van der Waals surface area contributed by atoms with Gasteiger partial charge in [-0.05, 0) is 54.1 Å². The molecular formula is C24H23NO5. The summed E-state index contributed by atoms with van der Waals surface area (Å²) in [4.78, 5) is 26.1. The van der Waals surface area contributed by atoms with Crippen molar-refractivity contribution in [3.05, 3.63) is 71.8 Å². The molecule has 4 rings (SSSR count). The number of fused-ring (bicyclic) bond motifs is 1. The van der Waals surface area contributed by atoms with E-state index in [0.717, 1.165) is 22.1 Å². The van der Waals surface area contributed by atoms with Gasteiger partial charge in [0.1, 0.15) is 23.5 Å². The van der Waals surface area contributed by atoms with Crippen molar-refractivity contribution in [1.29, 1.82) is 0 Å². The third-order valence-corrected chi connectivity index (χ3v) is 5.56. The number of carboxylic acid groups (broad SMARTS) is 1. The molecule has 0 spiro atoms. The Kier molecular flexibility index (Phi) is 5.08. The number of likely N-dealkylation sites (tertiary alicyclic amines) is 1. The molecule has 0 unspecified atom stereocenters. The van der Waals surface area contributed by atoms with Crippen LogP contribution in [-0.4, -0.2) is 48.7 Å². The smallest absolute Gasteiger partial charge is 0.316 e. The van der Waals surface area contributed by atoms with Gasteiger partial charge in [-0.3, -0.25) is 9.59 Å². The van der Waals surface area contributed by atoms with Crippen molar-refractivity contribution in [2.24, 2.45) is 5.41 Å². The third kappa shape index (κ3) is 3.68. The molecule has 0 aromatic heterocycles. The van der Waals surface area contributed by atoms with Gasteiger partial charge in [0, 0.05) is 18.7 Å². The fourth-order valence-electron chi connectivity index (χ4n) is 3.64. The molecule has 1 amide bonds. The average molecular weight is 405 g/mol. The molecule has 0 atom stereocenters. The zero-order chi connectivity index (χ0) is 21.3. The summed E-state index contributed by atoms with van der Waals surface area (Å²) in [5.41, 5.74) is 0.526. The first kappa shape index (κ1) is 19.8. The molecule has 0 aliphatic carbocycles. The first-order chi connectivity index (χ1) is 14.4. The van der Waals surface area contributed by atoms with Gasteiger partial charge in [0.15, 0.2) is 0 Å². The SMILES string of the molecule is COc1ccc2cc(OCC3(C(=O)O)CN(C(=O)c4ccc(C)cc4)C3)ccc2c1. The molecule has 1 aliphatic heterocycles. The maximum Gasteiger partial charge on any atom is 0.316 e. The number of hydrogen-bond donors (Lipinski definition) is 1. The maximum absolute atomic E-state index is 12.6. The predicted octanol–water partition coefficient (Wildman–Crippen LogP) is 3.76. The number of carbonyl (C=O) groups is 2. The molecule has 154 valence electrons. The Labute approximate surface area is 174 Å². The van der Waals surface area contributed by atoms with Gasteiger partial charge in [0.2, 0.25) is 0 Å². The van der Waals surface area contributed by atoms with Crippen LogP contribution in [0.15, 0.2) is 60.7 Å². The van der Waals surface area contributed by atoms with E-state index in [0.29, 0.717) is 11.3 Å². The molecule has 0 saturated carbocycles. The van der Waals surface area contributed by atoms with E-state index in [9.17, 15) is 14.7 Å². The Hall–Kier alpha value is -3.54. The summed E-state index contributed by atoms with van der Waals surface area (Å²) in [7, 11) is 1.62. The fraction of sp³-hybridized carbons (Fsp3) is 0.250. The number of ether oxygens (including phenoxy) is 2. The van der Waals surface area contributed by atoms with Gasteiger partial charge >= 0.3 is 5.97 Å². The second-order valence-corrected chi connectivity index (χ2v) is 7.78. The van der Waals surface area contributed by atoms with E-state index < -0.39 is 11.4 Å². The van der Waals surface area contributed by atoms with Crippen molar-refractivity contribution in [3.8, 4) is 11.5 Å². The lowest BCUT2D eigenvalue weighted by atomic mass is 9.80. The van der Waals surface area contributed by atoms with E-state index in [-0.39, 0.29) is 25.6 Å².